The van der Waals surface area contributed by atoms with Crippen LogP contribution in [0, 0.1) is 0 Å². The first-order valence-electron chi connectivity index (χ1n) is 9.91. The number of nitrogens with zero attached hydrogens (tertiary/aromatic N) is 3. The summed E-state index contributed by atoms with van der Waals surface area (Å²) in [6.45, 7) is 0. The summed E-state index contributed by atoms with van der Waals surface area (Å²) in [6.07, 6.45) is 2.05. The van der Waals surface area contributed by atoms with Crippen molar-refractivity contribution >= 4 is 54.9 Å². The first-order chi connectivity index (χ1) is 15.2. The minimum absolute atomic E-state index is 0.680. The smallest absolute Gasteiger partial charge is 0.147 e. The zero-order valence-corrected chi connectivity index (χ0v) is 18.6. The van der Waals surface area contributed by atoms with Crippen molar-refractivity contribution in [3.63, 3.8) is 0 Å². The number of benzene rings is 3. The molecule has 0 atom stereocenters. The molecule has 3 heterocycles. The molecule has 0 amide bonds. The second kappa shape index (κ2) is 7.19. The summed E-state index contributed by atoms with van der Waals surface area (Å²) in [7, 11) is 0. The van der Waals surface area contributed by atoms with Crippen molar-refractivity contribution in [1.29, 1.82) is 0 Å². The Morgan fingerprint density at radius 3 is 2.10 bits per heavy atom. The van der Waals surface area contributed by atoms with Crippen molar-refractivity contribution < 1.29 is 0 Å². The fourth-order valence-electron chi connectivity index (χ4n) is 4.12. The molecule has 0 unspecified atom stereocenters. The molecule has 0 aliphatic heterocycles. The fourth-order valence-corrected chi connectivity index (χ4v) is 4.90. The number of aromatic nitrogens is 3. The van der Waals surface area contributed by atoms with E-state index in [9.17, 15) is 0 Å². The van der Waals surface area contributed by atoms with Crippen LogP contribution >= 0.6 is 27.5 Å². The number of halogens is 2. The Balaban J connectivity index is 1.80. The van der Waals surface area contributed by atoms with Crippen molar-refractivity contribution in [3.8, 4) is 22.5 Å². The lowest BCUT2D eigenvalue weighted by atomic mass is 10.0. The third-order valence-electron chi connectivity index (χ3n) is 5.55. The van der Waals surface area contributed by atoms with Crippen LogP contribution in [-0.2, 0) is 0 Å². The predicted octanol–water partition coefficient (Wildman–Crippen LogP) is 7.79. The molecule has 0 fully saturated rings. The molecule has 5 heteroatoms. The maximum Gasteiger partial charge on any atom is 0.147 e. The molecule has 3 nitrogen and oxygen atoms in total. The summed E-state index contributed by atoms with van der Waals surface area (Å²) in [4.78, 5) is 10.1. The van der Waals surface area contributed by atoms with E-state index in [0.29, 0.717) is 5.02 Å². The summed E-state index contributed by atoms with van der Waals surface area (Å²) < 4.78 is 3.00. The normalized spacial score (nSPS) is 11.5. The van der Waals surface area contributed by atoms with Crippen LogP contribution in [0.5, 0.6) is 0 Å². The van der Waals surface area contributed by atoms with Crippen LogP contribution in [0.4, 0.5) is 0 Å². The van der Waals surface area contributed by atoms with Gasteiger partial charge in [-0.3, -0.25) is 4.40 Å². The summed E-state index contributed by atoms with van der Waals surface area (Å²) >= 11 is 10.2. The molecular weight excluding hydrogens is 470 g/mol. The highest BCUT2D eigenvalue weighted by molar-refractivity contribution is 9.10. The monoisotopic (exact) mass is 483 g/mol. The summed E-state index contributed by atoms with van der Waals surface area (Å²) in [5.74, 6) is 0. The lowest BCUT2D eigenvalue weighted by Crippen LogP contribution is -1.93. The van der Waals surface area contributed by atoms with E-state index in [1.54, 1.807) is 0 Å². The van der Waals surface area contributed by atoms with Gasteiger partial charge in [0.25, 0.3) is 0 Å². The highest BCUT2D eigenvalue weighted by Gasteiger charge is 2.18. The highest BCUT2D eigenvalue weighted by atomic mass is 79.9. The van der Waals surface area contributed by atoms with Crippen LogP contribution in [0.2, 0.25) is 5.02 Å². The average molecular weight is 485 g/mol. The van der Waals surface area contributed by atoms with E-state index in [-0.39, 0.29) is 0 Å². The van der Waals surface area contributed by atoms with Crippen molar-refractivity contribution in [3.05, 3.63) is 101 Å². The standard InChI is InChI=1S/C26H15BrClN3/c27-25-24(17-9-5-2-6-10-17)30-26-22-19(13-14-31(25)26)23(16-7-3-1-4-8-16)29-21-12-11-18(28)15-20(21)22/h1-15H. The Kier molecular flexibility index (Phi) is 4.30. The first-order valence-corrected chi connectivity index (χ1v) is 11.1. The Labute approximate surface area is 192 Å². The van der Waals surface area contributed by atoms with Crippen molar-refractivity contribution in [2.45, 2.75) is 0 Å². The van der Waals surface area contributed by atoms with Gasteiger partial charge in [0.2, 0.25) is 0 Å². The molecule has 0 radical (unpaired) electrons. The summed E-state index contributed by atoms with van der Waals surface area (Å²) in [5, 5.41) is 3.76. The molecule has 0 bridgehead atoms. The van der Waals surface area contributed by atoms with E-state index in [1.165, 1.54) is 0 Å². The van der Waals surface area contributed by atoms with Crippen LogP contribution < -0.4 is 0 Å². The van der Waals surface area contributed by atoms with E-state index in [2.05, 4.69) is 50.7 Å². The lowest BCUT2D eigenvalue weighted by molar-refractivity contribution is 1.17. The van der Waals surface area contributed by atoms with Gasteiger partial charge in [0.05, 0.1) is 11.2 Å². The first kappa shape index (κ1) is 18.6. The second-order valence-electron chi connectivity index (χ2n) is 7.40. The zero-order chi connectivity index (χ0) is 20.9. The Morgan fingerprint density at radius 1 is 0.710 bits per heavy atom. The zero-order valence-electron chi connectivity index (χ0n) is 16.3. The molecule has 0 N–H and O–H groups in total. The van der Waals surface area contributed by atoms with Crippen LogP contribution in [0.25, 0.3) is 49.8 Å². The van der Waals surface area contributed by atoms with Gasteiger partial charge in [-0.15, -0.1) is 0 Å². The number of hydrogen-bond acceptors (Lipinski definition) is 2. The van der Waals surface area contributed by atoms with Crippen LogP contribution in [0.1, 0.15) is 0 Å². The fraction of sp³-hybridized carbons (Fsp3) is 0. The summed E-state index contributed by atoms with van der Waals surface area (Å²) in [5.41, 5.74) is 5.74. The second-order valence-corrected chi connectivity index (χ2v) is 8.59. The molecule has 0 aliphatic carbocycles. The van der Waals surface area contributed by atoms with Gasteiger partial charge < -0.3 is 0 Å². The maximum absolute atomic E-state index is 6.40. The van der Waals surface area contributed by atoms with Gasteiger partial charge in [0, 0.05) is 38.5 Å². The number of imidazole rings is 1. The SMILES string of the molecule is Clc1ccc2nc(-c3ccccc3)c3ccn4c(Br)c(-c5ccccc5)nc4c3c2c1. The molecular formula is C26H15BrClN3. The maximum atomic E-state index is 6.40. The molecule has 0 spiro atoms. The molecule has 148 valence electrons. The third kappa shape index (κ3) is 2.94. The van der Waals surface area contributed by atoms with Gasteiger partial charge in [-0.05, 0) is 40.2 Å². The molecule has 31 heavy (non-hydrogen) atoms. The van der Waals surface area contributed by atoms with Gasteiger partial charge in [-0.2, -0.15) is 0 Å². The number of pyridine rings is 2. The van der Waals surface area contributed by atoms with Crippen LogP contribution in [0.15, 0.2) is 95.7 Å². The van der Waals surface area contributed by atoms with Gasteiger partial charge in [0.15, 0.2) is 0 Å². The van der Waals surface area contributed by atoms with Crippen molar-refractivity contribution in [2.24, 2.45) is 0 Å². The molecule has 3 aromatic carbocycles. The van der Waals surface area contributed by atoms with Gasteiger partial charge >= 0.3 is 0 Å². The Bertz CT molecular complexity index is 1590. The van der Waals surface area contributed by atoms with Crippen LogP contribution in [-0.4, -0.2) is 14.4 Å². The molecule has 3 aromatic heterocycles. The predicted molar refractivity (Wildman–Crippen MR) is 132 cm³/mol. The highest BCUT2D eigenvalue weighted by Crippen LogP contribution is 2.38. The molecule has 0 aliphatic rings. The van der Waals surface area contributed by atoms with Gasteiger partial charge in [-0.25, -0.2) is 9.97 Å². The number of fused-ring (bicyclic) bond motifs is 5. The minimum Gasteiger partial charge on any atom is -0.293 e. The van der Waals surface area contributed by atoms with Gasteiger partial charge in [-0.1, -0.05) is 72.3 Å². The van der Waals surface area contributed by atoms with Crippen molar-refractivity contribution in [1.82, 2.24) is 14.4 Å². The Morgan fingerprint density at radius 2 is 1.39 bits per heavy atom. The minimum atomic E-state index is 0.680. The third-order valence-corrected chi connectivity index (χ3v) is 6.54. The van der Waals surface area contributed by atoms with Gasteiger partial charge in [0.1, 0.15) is 15.9 Å². The average Bonchev–Trinajstić information content (AvgIpc) is 3.16. The topological polar surface area (TPSA) is 30.2 Å². The van der Waals surface area contributed by atoms with Crippen molar-refractivity contribution in [2.75, 3.05) is 0 Å². The molecule has 6 rings (SSSR count). The quantitative estimate of drug-likeness (QED) is 0.235. The summed E-state index contributed by atoms with van der Waals surface area (Å²) in [6, 6.07) is 28.4. The molecule has 6 aromatic rings. The molecule has 0 saturated carbocycles. The van der Waals surface area contributed by atoms with E-state index in [1.807, 2.05) is 60.8 Å². The Hall–Kier alpha value is -3.21. The lowest BCUT2D eigenvalue weighted by Gasteiger charge is -2.11. The number of rotatable bonds is 2. The van der Waals surface area contributed by atoms with E-state index in [4.69, 9.17) is 21.6 Å². The largest absolute Gasteiger partial charge is 0.293 e. The number of hydrogen-bond donors (Lipinski definition) is 0. The molecule has 0 saturated heterocycles. The van der Waals surface area contributed by atoms with E-state index < -0.39 is 0 Å². The van der Waals surface area contributed by atoms with E-state index in [0.717, 1.165) is 54.4 Å². The van der Waals surface area contributed by atoms with E-state index >= 15 is 0 Å². The van der Waals surface area contributed by atoms with Crippen LogP contribution in [0.3, 0.4) is 0 Å².